The highest BCUT2D eigenvalue weighted by atomic mass is 32.2. The largest absolute Gasteiger partial charge is 0.454 e. The van der Waals surface area contributed by atoms with E-state index in [2.05, 4.69) is 10.0 Å². The monoisotopic (exact) mass is 489 g/mol. The molecule has 33 heavy (non-hydrogen) atoms. The molecule has 3 aliphatic heterocycles. The van der Waals surface area contributed by atoms with E-state index in [4.69, 9.17) is 9.47 Å². The van der Waals surface area contributed by atoms with Gasteiger partial charge in [0.2, 0.25) is 18.6 Å². The van der Waals surface area contributed by atoms with Crippen molar-refractivity contribution in [3.8, 4) is 11.5 Å². The van der Waals surface area contributed by atoms with Gasteiger partial charge in [-0.25, -0.2) is 8.42 Å². The molecule has 2 aromatic carbocycles. The summed E-state index contributed by atoms with van der Waals surface area (Å²) >= 11 is 1.16. The van der Waals surface area contributed by atoms with E-state index >= 15 is 0 Å². The first-order chi connectivity index (χ1) is 15.9. The summed E-state index contributed by atoms with van der Waals surface area (Å²) in [7, 11) is -3.91. The van der Waals surface area contributed by atoms with Crippen molar-refractivity contribution in [3.63, 3.8) is 0 Å². The van der Waals surface area contributed by atoms with Crippen LogP contribution in [0.5, 0.6) is 11.5 Å². The Hall–Kier alpha value is -2.92. The van der Waals surface area contributed by atoms with E-state index in [1.165, 1.54) is 12.1 Å². The highest BCUT2D eigenvalue weighted by Gasteiger charge is 2.36. The van der Waals surface area contributed by atoms with Gasteiger partial charge < -0.3 is 19.7 Å². The normalized spacial score (nSPS) is 19.9. The van der Waals surface area contributed by atoms with Gasteiger partial charge in [0.15, 0.2) is 16.7 Å². The first-order valence-corrected chi connectivity index (χ1v) is 13.1. The summed E-state index contributed by atoms with van der Waals surface area (Å²) in [5, 5.41) is 1.85. The van der Waals surface area contributed by atoms with Crippen molar-refractivity contribution in [1.82, 2.24) is 4.90 Å². The third-order valence-electron chi connectivity index (χ3n) is 5.77. The van der Waals surface area contributed by atoms with Crippen LogP contribution in [0.4, 0.5) is 11.4 Å². The molecule has 2 amide bonds. The molecular weight excluding hydrogens is 466 g/mol. The Morgan fingerprint density at radius 1 is 1.03 bits per heavy atom. The Morgan fingerprint density at radius 2 is 1.79 bits per heavy atom. The second-order valence-electron chi connectivity index (χ2n) is 8.06. The van der Waals surface area contributed by atoms with Crippen LogP contribution in [-0.4, -0.2) is 50.3 Å². The second kappa shape index (κ2) is 8.79. The fourth-order valence-electron chi connectivity index (χ4n) is 4.05. The summed E-state index contributed by atoms with van der Waals surface area (Å²) in [6.07, 6.45) is 4.07. The summed E-state index contributed by atoms with van der Waals surface area (Å²) in [4.78, 5) is 28.1. The Labute approximate surface area is 195 Å². The Kier molecular flexibility index (Phi) is 5.83. The third-order valence-corrected chi connectivity index (χ3v) is 8.41. The third kappa shape index (κ3) is 4.47. The molecule has 3 heterocycles. The average Bonchev–Trinajstić information content (AvgIpc) is 3.09. The van der Waals surface area contributed by atoms with Crippen LogP contribution in [0.2, 0.25) is 0 Å². The number of nitrogens with one attached hydrogen (secondary N) is 2. The van der Waals surface area contributed by atoms with E-state index in [1.54, 1.807) is 29.2 Å². The number of anilines is 2. The van der Waals surface area contributed by atoms with Crippen LogP contribution in [0.25, 0.3) is 0 Å². The predicted molar refractivity (Wildman–Crippen MR) is 123 cm³/mol. The van der Waals surface area contributed by atoms with Crippen molar-refractivity contribution in [2.45, 2.75) is 40.7 Å². The van der Waals surface area contributed by atoms with Gasteiger partial charge in [0.25, 0.3) is 10.0 Å². The lowest BCUT2D eigenvalue weighted by Gasteiger charge is -2.28. The minimum absolute atomic E-state index is 0.00267. The number of sulfonamides is 1. The number of nitrogens with zero attached hydrogens (tertiary/aromatic N) is 1. The van der Waals surface area contributed by atoms with Crippen molar-refractivity contribution in [3.05, 3.63) is 36.4 Å². The Morgan fingerprint density at radius 3 is 2.58 bits per heavy atom. The molecule has 0 saturated carbocycles. The fourth-order valence-corrected chi connectivity index (χ4v) is 6.18. The number of hydrogen-bond acceptors (Lipinski definition) is 7. The van der Waals surface area contributed by atoms with Crippen LogP contribution >= 0.6 is 11.8 Å². The molecule has 0 aliphatic carbocycles. The van der Waals surface area contributed by atoms with E-state index in [1.807, 2.05) is 0 Å². The molecule has 1 saturated heterocycles. The summed E-state index contributed by atoms with van der Waals surface area (Å²) in [6.45, 7) is 1.42. The van der Waals surface area contributed by atoms with Gasteiger partial charge in [0, 0.05) is 24.1 Å². The second-order valence-corrected chi connectivity index (χ2v) is 10.9. The smallest absolute Gasteiger partial charge is 0.261 e. The minimum Gasteiger partial charge on any atom is -0.454 e. The van der Waals surface area contributed by atoms with Crippen molar-refractivity contribution in [2.75, 3.05) is 29.9 Å². The van der Waals surface area contributed by atoms with Crippen LogP contribution in [0.1, 0.15) is 25.7 Å². The minimum atomic E-state index is -3.91. The highest BCUT2D eigenvalue weighted by molar-refractivity contribution is 8.01. The van der Waals surface area contributed by atoms with Crippen LogP contribution in [0, 0.1) is 0 Å². The van der Waals surface area contributed by atoms with Gasteiger partial charge in [-0.3, -0.25) is 14.3 Å². The van der Waals surface area contributed by atoms with Gasteiger partial charge in [-0.05, 0) is 43.2 Å². The molecule has 2 aromatic rings. The molecular formula is C22H23N3O6S2. The summed E-state index contributed by atoms with van der Waals surface area (Å²) in [6, 6.07) is 9.26. The van der Waals surface area contributed by atoms with Gasteiger partial charge in [-0.15, -0.1) is 11.8 Å². The van der Waals surface area contributed by atoms with Crippen LogP contribution in [0.15, 0.2) is 46.2 Å². The van der Waals surface area contributed by atoms with Crippen molar-refractivity contribution in [2.24, 2.45) is 0 Å². The summed E-state index contributed by atoms with van der Waals surface area (Å²) < 4.78 is 38.9. The molecule has 11 heteroatoms. The number of ether oxygens (including phenoxy) is 2. The molecule has 3 aliphatic rings. The van der Waals surface area contributed by atoms with E-state index in [9.17, 15) is 18.0 Å². The number of likely N-dealkylation sites (tertiary alicyclic amines) is 1. The predicted octanol–water partition coefficient (Wildman–Crippen LogP) is 3.03. The van der Waals surface area contributed by atoms with Gasteiger partial charge in [-0.2, -0.15) is 0 Å². The van der Waals surface area contributed by atoms with E-state index < -0.39 is 21.2 Å². The number of carbonyl (C=O) groups is 2. The van der Waals surface area contributed by atoms with E-state index in [-0.39, 0.29) is 17.6 Å². The zero-order valence-electron chi connectivity index (χ0n) is 17.7. The molecule has 1 atom stereocenters. The molecule has 1 fully saturated rings. The number of amides is 2. The zero-order valence-corrected chi connectivity index (χ0v) is 19.3. The van der Waals surface area contributed by atoms with Gasteiger partial charge in [0.05, 0.1) is 16.3 Å². The average molecular weight is 490 g/mol. The lowest BCUT2D eigenvalue weighted by atomic mass is 10.2. The maximum absolute atomic E-state index is 13.0. The highest BCUT2D eigenvalue weighted by Crippen LogP contribution is 2.39. The lowest BCUT2D eigenvalue weighted by molar-refractivity contribution is -0.133. The Bertz CT molecular complexity index is 1210. The maximum atomic E-state index is 13.0. The maximum Gasteiger partial charge on any atom is 0.261 e. The van der Waals surface area contributed by atoms with Gasteiger partial charge in [0.1, 0.15) is 0 Å². The topological polar surface area (TPSA) is 114 Å². The molecule has 9 nitrogen and oxygen atoms in total. The van der Waals surface area contributed by atoms with E-state index in [0.29, 0.717) is 40.9 Å². The fraction of sp³-hybridized carbons (Fsp3) is 0.364. The molecule has 0 aromatic heterocycles. The van der Waals surface area contributed by atoms with Crippen LogP contribution in [-0.2, 0) is 19.6 Å². The first-order valence-electron chi connectivity index (χ1n) is 10.7. The van der Waals surface area contributed by atoms with Crippen LogP contribution in [0.3, 0.4) is 0 Å². The van der Waals surface area contributed by atoms with Crippen molar-refractivity contribution >= 4 is 45.0 Å². The van der Waals surface area contributed by atoms with Gasteiger partial charge >= 0.3 is 0 Å². The quantitative estimate of drug-likeness (QED) is 0.635. The number of fused-ring (bicyclic) bond motifs is 2. The SMILES string of the molecule is O=C1Nc2cc(S(=O)(=O)Nc3ccc4c(c3)OCO4)ccc2SC1C(=O)N1CCCCCC1. The molecule has 0 spiro atoms. The molecule has 0 radical (unpaired) electrons. The number of carbonyl (C=O) groups excluding carboxylic acids is 2. The number of hydrogen-bond donors (Lipinski definition) is 2. The van der Waals surface area contributed by atoms with E-state index in [0.717, 1.165) is 37.4 Å². The molecule has 1 unspecified atom stereocenters. The first kappa shape index (κ1) is 21.9. The summed E-state index contributed by atoms with van der Waals surface area (Å²) in [5.74, 6) is 0.395. The number of benzene rings is 2. The van der Waals surface area contributed by atoms with Crippen molar-refractivity contribution < 1.29 is 27.5 Å². The van der Waals surface area contributed by atoms with Crippen LogP contribution < -0.4 is 19.5 Å². The lowest BCUT2D eigenvalue weighted by Crippen LogP contribution is -2.45. The number of thioether (sulfide) groups is 1. The molecule has 174 valence electrons. The van der Waals surface area contributed by atoms with Crippen molar-refractivity contribution in [1.29, 1.82) is 0 Å². The molecule has 5 rings (SSSR count). The molecule has 0 bridgehead atoms. The summed E-state index contributed by atoms with van der Waals surface area (Å²) in [5.41, 5.74) is 0.706. The Balaban J connectivity index is 1.33. The molecule has 2 N–H and O–H groups in total. The zero-order chi connectivity index (χ0) is 23.0. The number of rotatable bonds is 4. The van der Waals surface area contributed by atoms with Gasteiger partial charge in [-0.1, -0.05) is 12.8 Å². The standard InChI is InChI=1S/C22H23N3O6S2/c26-21-20(22(27)25-9-3-1-2-4-10-25)32-19-8-6-15(12-16(19)23-21)33(28,29)24-14-5-7-17-18(11-14)31-13-30-17/h5-8,11-12,20,24H,1-4,9-10,13H2,(H,23,26).